The molecule has 0 bridgehead atoms. The number of nitrogens with zero attached hydrogens (tertiary/aromatic N) is 3. The quantitative estimate of drug-likeness (QED) is 0.680. The summed E-state index contributed by atoms with van der Waals surface area (Å²) in [4.78, 5) is 22.9. The van der Waals surface area contributed by atoms with Crippen molar-refractivity contribution in [1.82, 2.24) is 19.7 Å². The summed E-state index contributed by atoms with van der Waals surface area (Å²) in [6, 6.07) is 18.8. The predicted molar refractivity (Wildman–Crippen MR) is 123 cm³/mol. The van der Waals surface area contributed by atoms with Crippen LogP contribution >= 0.6 is 0 Å². The molecule has 3 aromatic rings. The molecular weight excluding hydrogens is 372 g/mol. The SMILES string of the molecule is CN(CCN1CCC(c2ccccc2)(N(C)C)CC1)C(=O)c1c[nH]c2ccccc12. The number of likely N-dealkylation sites (N-methyl/N-ethyl adjacent to an activating group) is 1. The Hall–Kier alpha value is -2.63. The van der Waals surface area contributed by atoms with E-state index >= 15 is 0 Å². The Labute approximate surface area is 179 Å². The molecule has 0 unspecified atom stereocenters. The summed E-state index contributed by atoms with van der Waals surface area (Å²) in [7, 11) is 6.29. The first-order valence-corrected chi connectivity index (χ1v) is 10.8. The largest absolute Gasteiger partial charge is 0.360 e. The molecule has 0 aliphatic carbocycles. The zero-order valence-electron chi connectivity index (χ0n) is 18.3. The number of aromatic nitrogens is 1. The normalized spacial score (nSPS) is 16.8. The molecule has 4 rings (SSSR count). The lowest BCUT2D eigenvalue weighted by molar-refractivity contribution is 0.0487. The number of amides is 1. The fraction of sp³-hybridized carbons (Fsp3) is 0.400. The number of hydrogen-bond donors (Lipinski definition) is 1. The minimum Gasteiger partial charge on any atom is -0.360 e. The van der Waals surface area contributed by atoms with Gasteiger partial charge in [-0.1, -0.05) is 48.5 Å². The van der Waals surface area contributed by atoms with Crippen LogP contribution in [0.1, 0.15) is 28.8 Å². The Balaban J connectivity index is 1.36. The molecule has 1 N–H and O–H groups in total. The third-order valence-electron chi connectivity index (χ3n) is 6.77. The zero-order chi connectivity index (χ0) is 21.1. The standard InChI is InChI=1S/C25H32N4O/c1-27(2)25(20-9-5-4-6-10-20)13-15-29(16-14-25)18-17-28(3)24(30)22-19-26-23-12-8-7-11-21(22)23/h4-12,19,26H,13-18H2,1-3H3. The van der Waals surface area contributed by atoms with Gasteiger partial charge in [0.2, 0.25) is 0 Å². The highest BCUT2D eigenvalue weighted by molar-refractivity contribution is 6.06. The molecule has 1 saturated heterocycles. The molecule has 5 heteroatoms. The van der Waals surface area contributed by atoms with Crippen molar-refractivity contribution < 1.29 is 4.79 Å². The Morgan fingerprint density at radius 1 is 1.00 bits per heavy atom. The average Bonchev–Trinajstić information content (AvgIpc) is 3.22. The lowest BCUT2D eigenvalue weighted by Crippen LogP contribution is -2.51. The van der Waals surface area contributed by atoms with Crippen molar-refractivity contribution in [1.29, 1.82) is 0 Å². The van der Waals surface area contributed by atoms with Crippen LogP contribution in [0.3, 0.4) is 0 Å². The highest BCUT2D eigenvalue weighted by Gasteiger charge is 2.38. The van der Waals surface area contributed by atoms with E-state index in [4.69, 9.17) is 0 Å². The van der Waals surface area contributed by atoms with Crippen LogP contribution in [0.5, 0.6) is 0 Å². The van der Waals surface area contributed by atoms with Crippen LogP contribution in [0.15, 0.2) is 60.8 Å². The number of piperidine rings is 1. The molecule has 1 aliphatic heterocycles. The van der Waals surface area contributed by atoms with E-state index in [1.165, 1.54) is 5.56 Å². The van der Waals surface area contributed by atoms with E-state index in [0.717, 1.165) is 55.5 Å². The van der Waals surface area contributed by atoms with Crippen molar-refractivity contribution in [3.63, 3.8) is 0 Å². The van der Waals surface area contributed by atoms with E-state index < -0.39 is 0 Å². The first kappa shape index (κ1) is 20.6. The molecule has 2 aromatic carbocycles. The number of para-hydroxylation sites is 1. The monoisotopic (exact) mass is 404 g/mol. The van der Waals surface area contributed by atoms with Gasteiger partial charge < -0.3 is 14.8 Å². The lowest BCUT2D eigenvalue weighted by atomic mass is 9.80. The van der Waals surface area contributed by atoms with Gasteiger partial charge in [0.15, 0.2) is 0 Å². The molecule has 2 heterocycles. The number of carbonyl (C=O) groups is 1. The first-order chi connectivity index (χ1) is 14.5. The second kappa shape index (κ2) is 8.62. The predicted octanol–water partition coefficient (Wildman–Crippen LogP) is 3.79. The Morgan fingerprint density at radius 3 is 2.37 bits per heavy atom. The number of aromatic amines is 1. The highest BCUT2D eigenvalue weighted by Crippen LogP contribution is 2.37. The maximum atomic E-state index is 13.0. The number of hydrogen-bond acceptors (Lipinski definition) is 3. The molecular formula is C25H32N4O. The van der Waals surface area contributed by atoms with Gasteiger partial charge in [-0.25, -0.2) is 0 Å². The molecule has 158 valence electrons. The summed E-state index contributed by atoms with van der Waals surface area (Å²) < 4.78 is 0. The summed E-state index contributed by atoms with van der Waals surface area (Å²) in [5.74, 6) is 0.0800. The van der Waals surface area contributed by atoms with Gasteiger partial charge in [0.05, 0.1) is 5.56 Å². The lowest BCUT2D eigenvalue weighted by Gasteiger charge is -2.47. The first-order valence-electron chi connectivity index (χ1n) is 10.8. The van der Waals surface area contributed by atoms with Crippen LogP contribution in [0, 0.1) is 0 Å². The van der Waals surface area contributed by atoms with E-state index in [9.17, 15) is 4.79 Å². The van der Waals surface area contributed by atoms with Gasteiger partial charge in [-0.2, -0.15) is 0 Å². The van der Waals surface area contributed by atoms with Gasteiger partial charge >= 0.3 is 0 Å². The molecule has 0 atom stereocenters. The van der Waals surface area contributed by atoms with E-state index in [1.54, 1.807) is 0 Å². The van der Waals surface area contributed by atoms with Crippen LogP contribution < -0.4 is 0 Å². The van der Waals surface area contributed by atoms with Gasteiger partial charge in [-0.05, 0) is 38.6 Å². The smallest absolute Gasteiger partial charge is 0.255 e. The van der Waals surface area contributed by atoms with Crippen LogP contribution in [0.2, 0.25) is 0 Å². The molecule has 1 aliphatic rings. The van der Waals surface area contributed by atoms with Crippen molar-refractivity contribution in [2.75, 3.05) is 47.3 Å². The second-order valence-electron chi connectivity index (χ2n) is 8.61. The number of H-pyrrole nitrogens is 1. The average molecular weight is 405 g/mol. The zero-order valence-corrected chi connectivity index (χ0v) is 18.3. The summed E-state index contributed by atoms with van der Waals surface area (Å²) in [5, 5.41) is 0.992. The van der Waals surface area contributed by atoms with Gasteiger partial charge in [0.1, 0.15) is 0 Å². The highest BCUT2D eigenvalue weighted by atomic mass is 16.2. The van der Waals surface area contributed by atoms with Gasteiger partial charge in [0, 0.05) is 55.9 Å². The fourth-order valence-electron chi connectivity index (χ4n) is 4.74. The number of fused-ring (bicyclic) bond motifs is 1. The van der Waals surface area contributed by atoms with E-state index in [0.29, 0.717) is 0 Å². The molecule has 1 fully saturated rings. The topological polar surface area (TPSA) is 42.6 Å². The van der Waals surface area contributed by atoms with Gasteiger partial charge in [-0.3, -0.25) is 9.69 Å². The van der Waals surface area contributed by atoms with Crippen molar-refractivity contribution in [2.24, 2.45) is 0 Å². The maximum absolute atomic E-state index is 13.0. The van der Waals surface area contributed by atoms with Crippen LogP contribution in [0.4, 0.5) is 0 Å². The van der Waals surface area contributed by atoms with Crippen molar-refractivity contribution in [3.8, 4) is 0 Å². The molecule has 1 aromatic heterocycles. The van der Waals surface area contributed by atoms with Crippen LogP contribution in [-0.4, -0.2) is 72.9 Å². The van der Waals surface area contributed by atoms with E-state index in [2.05, 4.69) is 59.2 Å². The fourth-order valence-corrected chi connectivity index (χ4v) is 4.74. The van der Waals surface area contributed by atoms with E-state index in [1.807, 2.05) is 42.4 Å². The van der Waals surface area contributed by atoms with Gasteiger partial charge in [-0.15, -0.1) is 0 Å². The van der Waals surface area contributed by atoms with Crippen LogP contribution in [0.25, 0.3) is 10.9 Å². The Kier molecular flexibility index (Phi) is 5.93. The Morgan fingerprint density at radius 2 is 1.67 bits per heavy atom. The summed E-state index contributed by atoms with van der Waals surface area (Å²) in [6.07, 6.45) is 4.03. The van der Waals surface area contributed by atoms with Crippen molar-refractivity contribution >= 4 is 16.8 Å². The molecule has 0 radical (unpaired) electrons. The Bertz CT molecular complexity index is 987. The van der Waals surface area contributed by atoms with Gasteiger partial charge in [0.25, 0.3) is 5.91 Å². The molecule has 0 spiro atoms. The summed E-state index contributed by atoms with van der Waals surface area (Å²) >= 11 is 0. The number of likely N-dealkylation sites (tertiary alicyclic amines) is 1. The van der Waals surface area contributed by atoms with Crippen LogP contribution in [-0.2, 0) is 5.54 Å². The van der Waals surface area contributed by atoms with Crippen molar-refractivity contribution in [2.45, 2.75) is 18.4 Å². The molecule has 5 nitrogen and oxygen atoms in total. The van der Waals surface area contributed by atoms with E-state index in [-0.39, 0.29) is 11.4 Å². The van der Waals surface area contributed by atoms with Crippen molar-refractivity contribution in [3.05, 3.63) is 71.9 Å². The third-order valence-corrected chi connectivity index (χ3v) is 6.77. The minimum absolute atomic E-state index is 0.0800. The second-order valence-corrected chi connectivity index (χ2v) is 8.61. The molecule has 1 amide bonds. The number of nitrogens with one attached hydrogen (secondary N) is 1. The molecule has 0 saturated carbocycles. The molecule has 30 heavy (non-hydrogen) atoms. The number of rotatable bonds is 6. The number of benzene rings is 2. The summed E-state index contributed by atoms with van der Waals surface area (Å²) in [5.41, 5.74) is 3.26. The number of carbonyl (C=O) groups excluding carboxylic acids is 1. The minimum atomic E-state index is 0.0800. The summed E-state index contributed by atoms with van der Waals surface area (Å²) in [6.45, 7) is 3.73. The maximum Gasteiger partial charge on any atom is 0.255 e. The third kappa shape index (κ3) is 3.87.